The first kappa shape index (κ1) is 21.0. The van der Waals surface area contributed by atoms with Crippen LogP contribution in [0.15, 0.2) is 30.3 Å². The first-order valence-electron chi connectivity index (χ1n) is 11.0. The summed E-state index contributed by atoms with van der Waals surface area (Å²) in [5, 5.41) is 10.7. The van der Waals surface area contributed by atoms with Crippen LogP contribution in [-0.2, 0) is 34.1 Å². The van der Waals surface area contributed by atoms with E-state index in [9.17, 15) is 9.59 Å². The van der Waals surface area contributed by atoms with Crippen molar-refractivity contribution in [3.05, 3.63) is 47.2 Å². The largest absolute Gasteiger partial charge is 0.354 e. The molecule has 0 spiro atoms. The molecule has 1 aliphatic heterocycles. The molecule has 30 heavy (non-hydrogen) atoms. The molecule has 6 nitrogen and oxygen atoms in total. The molecule has 0 radical (unpaired) electrons. The molecule has 0 unspecified atom stereocenters. The van der Waals surface area contributed by atoms with E-state index in [2.05, 4.69) is 27.9 Å². The zero-order valence-corrected chi connectivity index (χ0v) is 18.2. The van der Waals surface area contributed by atoms with E-state index in [1.807, 2.05) is 18.2 Å². The summed E-state index contributed by atoms with van der Waals surface area (Å²) >= 11 is 1.80. The van der Waals surface area contributed by atoms with E-state index < -0.39 is 0 Å². The average molecular weight is 427 g/mol. The molecule has 1 aromatic carbocycles. The summed E-state index contributed by atoms with van der Waals surface area (Å²) in [5.74, 6) is 2.84. The zero-order chi connectivity index (χ0) is 20.8. The minimum Gasteiger partial charge on any atom is -0.354 e. The average Bonchev–Trinajstić information content (AvgIpc) is 3.32. The van der Waals surface area contributed by atoms with Crippen LogP contribution >= 0.6 is 11.8 Å². The number of hydrogen-bond donors (Lipinski definition) is 2. The van der Waals surface area contributed by atoms with Gasteiger partial charge in [-0.05, 0) is 30.7 Å². The highest BCUT2D eigenvalue weighted by molar-refractivity contribution is 7.98. The maximum atomic E-state index is 12.7. The number of carbonyl (C=O) groups excluding carboxylic acids is 2. The van der Waals surface area contributed by atoms with Gasteiger partial charge in [-0.3, -0.25) is 9.59 Å². The number of thioether (sulfide) groups is 1. The molecule has 1 fully saturated rings. The molecule has 1 aliphatic carbocycles. The van der Waals surface area contributed by atoms with Gasteiger partial charge in [0.25, 0.3) is 0 Å². The topological polar surface area (TPSA) is 76.0 Å². The van der Waals surface area contributed by atoms with E-state index in [0.29, 0.717) is 24.7 Å². The summed E-state index contributed by atoms with van der Waals surface area (Å²) in [6, 6.07) is 10.1. The number of amides is 2. The third kappa shape index (κ3) is 5.45. The Hall–Kier alpha value is -2.28. The fourth-order valence-electron chi connectivity index (χ4n) is 4.34. The van der Waals surface area contributed by atoms with Crippen LogP contribution in [0.2, 0.25) is 0 Å². The van der Waals surface area contributed by atoms with Gasteiger partial charge in [0.05, 0.1) is 5.69 Å². The van der Waals surface area contributed by atoms with Gasteiger partial charge < -0.3 is 10.6 Å². The lowest BCUT2D eigenvalue weighted by molar-refractivity contribution is -0.122. The van der Waals surface area contributed by atoms with E-state index in [0.717, 1.165) is 42.0 Å². The molecule has 2 N–H and O–H groups in total. The zero-order valence-electron chi connectivity index (χ0n) is 17.4. The van der Waals surface area contributed by atoms with Gasteiger partial charge in [0.2, 0.25) is 11.8 Å². The molecule has 2 amide bonds. The van der Waals surface area contributed by atoms with Crippen molar-refractivity contribution >= 4 is 29.4 Å². The Bertz CT molecular complexity index is 875. The Balaban J connectivity index is 1.34. The predicted molar refractivity (Wildman–Crippen MR) is 120 cm³/mol. The second kappa shape index (κ2) is 10.2. The number of aromatic nitrogens is 2. The Kier molecular flexibility index (Phi) is 7.10. The summed E-state index contributed by atoms with van der Waals surface area (Å²) < 4.78 is 1.68. The maximum absolute atomic E-state index is 12.7. The van der Waals surface area contributed by atoms with Gasteiger partial charge in [-0.15, -0.1) is 0 Å². The molecule has 0 saturated heterocycles. The predicted octanol–water partition coefficient (Wildman–Crippen LogP) is 3.90. The third-order valence-electron chi connectivity index (χ3n) is 5.95. The molecule has 160 valence electrons. The van der Waals surface area contributed by atoms with E-state index in [1.165, 1.54) is 24.8 Å². The number of nitrogens with zero attached hydrogens (tertiary/aromatic N) is 2. The number of hydrogen-bond acceptors (Lipinski definition) is 4. The first-order valence-corrected chi connectivity index (χ1v) is 12.1. The summed E-state index contributed by atoms with van der Waals surface area (Å²) in [6.07, 6.45) is 7.39. The standard InChI is InChI=1S/C23H30N4O2S/c28-21(13-18-9-5-2-6-10-18)25-23-19-15-30-16-20(19)26-27(23)14-22(29)24-12-11-17-7-3-1-4-8-17/h1,3-4,7-8,18H,2,5-6,9-16H2,(H,24,29)(H,25,28). The lowest BCUT2D eigenvalue weighted by atomic mass is 9.87. The summed E-state index contributed by atoms with van der Waals surface area (Å²) in [5.41, 5.74) is 3.27. The molecule has 2 heterocycles. The van der Waals surface area contributed by atoms with Gasteiger partial charge in [0, 0.05) is 30.0 Å². The van der Waals surface area contributed by atoms with Gasteiger partial charge in [-0.1, -0.05) is 49.6 Å². The minimum atomic E-state index is -0.0810. The quantitative estimate of drug-likeness (QED) is 0.671. The van der Waals surface area contributed by atoms with Gasteiger partial charge >= 0.3 is 0 Å². The molecule has 1 aromatic heterocycles. The molecule has 0 atom stereocenters. The van der Waals surface area contributed by atoms with Gasteiger partial charge in [-0.2, -0.15) is 16.9 Å². The van der Waals surface area contributed by atoms with Crippen molar-refractivity contribution in [1.82, 2.24) is 15.1 Å². The van der Waals surface area contributed by atoms with Crippen LogP contribution in [0.25, 0.3) is 0 Å². The maximum Gasteiger partial charge on any atom is 0.241 e. The molecule has 0 bridgehead atoms. The molecule has 4 rings (SSSR count). The van der Waals surface area contributed by atoms with Crippen molar-refractivity contribution in [3.8, 4) is 0 Å². The van der Waals surface area contributed by atoms with Gasteiger partial charge in [0.15, 0.2) is 0 Å². The van der Waals surface area contributed by atoms with Crippen LogP contribution in [0, 0.1) is 5.92 Å². The fraction of sp³-hybridized carbons (Fsp3) is 0.522. The SMILES string of the molecule is O=C(Cn1nc2c(c1NC(=O)CC1CCCCC1)CSC2)NCCc1ccccc1. The van der Waals surface area contributed by atoms with Crippen molar-refractivity contribution in [3.63, 3.8) is 0 Å². The number of anilines is 1. The second-order valence-electron chi connectivity index (χ2n) is 8.27. The highest BCUT2D eigenvalue weighted by Crippen LogP contribution is 2.35. The molecule has 7 heteroatoms. The van der Waals surface area contributed by atoms with E-state index in [4.69, 9.17) is 0 Å². The monoisotopic (exact) mass is 426 g/mol. The number of benzene rings is 1. The normalized spacial score (nSPS) is 16.3. The molecular formula is C23H30N4O2S. The van der Waals surface area contributed by atoms with Crippen LogP contribution in [0.3, 0.4) is 0 Å². The van der Waals surface area contributed by atoms with Crippen molar-refractivity contribution in [2.24, 2.45) is 5.92 Å². The van der Waals surface area contributed by atoms with Crippen LogP contribution in [0.1, 0.15) is 55.3 Å². The minimum absolute atomic E-state index is 0.0484. The number of fused-ring (bicyclic) bond motifs is 1. The molecular weight excluding hydrogens is 396 g/mol. The Morgan fingerprint density at radius 3 is 2.67 bits per heavy atom. The van der Waals surface area contributed by atoms with Crippen molar-refractivity contribution in [2.45, 2.75) is 63.0 Å². The van der Waals surface area contributed by atoms with Gasteiger partial charge in [0.1, 0.15) is 12.4 Å². The van der Waals surface area contributed by atoms with Crippen molar-refractivity contribution in [2.75, 3.05) is 11.9 Å². The van der Waals surface area contributed by atoms with Gasteiger partial charge in [-0.25, -0.2) is 4.68 Å². The van der Waals surface area contributed by atoms with Crippen molar-refractivity contribution < 1.29 is 9.59 Å². The fourth-order valence-corrected chi connectivity index (χ4v) is 5.37. The second-order valence-corrected chi connectivity index (χ2v) is 9.25. The van der Waals surface area contributed by atoms with Crippen LogP contribution in [0.5, 0.6) is 0 Å². The van der Waals surface area contributed by atoms with Crippen LogP contribution in [-0.4, -0.2) is 28.1 Å². The highest BCUT2D eigenvalue weighted by atomic mass is 32.2. The summed E-state index contributed by atoms with van der Waals surface area (Å²) in [4.78, 5) is 25.2. The van der Waals surface area contributed by atoms with E-state index in [1.54, 1.807) is 16.4 Å². The Labute approximate surface area is 182 Å². The highest BCUT2D eigenvalue weighted by Gasteiger charge is 2.26. The number of rotatable bonds is 8. The van der Waals surface area contributed by atoms with Crippen LogP contribution < -0.4 is 10.6 Å². The Morgan fingerprint density at radius 2 is 1.87 bits per heavy atom. The van der Waals surface area contributed by atoms with Crippen LogP contribution in [0.4, 0.5) is 5.82 Å². The summed E-state index contributed by atoms with van der Waals surface area (Å²) in [7, 11) is 0. The lowest BCUT2D eigenvalue weighted by Crippen LogP contribution is -2.30. The molecule has 1 saturated carbocycles. The lowest BCUT2D eigenvalue weighted by Gasteiger charge is -2.21. The number of nitrogens with one attached hydrogen (secondary N) is 2. The first-order chi connectivity index (χ1) is 14.7. The third-order valence-corrected chi connectivity index (χ3v) is 6.92. The van der Waals surface area contributed by atoms with E-state index in [-0.39, 0.29) is 18.4 Å². The molecule has 2 aliphatic rings. The Morgan fingerprint density at radius 1 is 1.07 bits per heavy atom. The van der Waals surface area contributed by atoms with E-state index >= 15 is 0 Å². The molecule has 2 aromatic rings. The summed E-state index contributed by atoms with van der Waals surface area (Å²) in [6.45, 7) is 0.717. The smallest absolute Gasteiger partial charge is 0.241 e. The number of carbonyl (C=O) groups is 2. The van der Waals surface area contributed by atoms with Crippen molar-refractivity contribution in [1.29, 1.82) is 0 Å².